The van der Waals surface area contributed by atoms with E-state index in [2.05, 4.69) is 17.4 Å². The van der Waals surface area contributed by atoms with E-state index in [-0.39, 0.29) is 17.4 Å². The van der Waals surface area contributed by atoms with Crippen LogP contribution in [0.5, 0.6) is 0 Å². The van der Waals surface area contributed by atoms with Crippen LogP contribution in [0.3, 0.4) is 0 Å². The van der Waals surface area contributed by atoms with Crippen molar-refractivity contribution in [1.29, 1.82) is 0 Å². The molecule has 0 heterocycles. The van der Waals surface area contributed by atoms with Gasteiger partial charge in [0.2, 0.25) is 5.91 Å². The number of alkyl halides is 1. The third kappa shape index (κ3) is 2.14. The summed E-state index contributed by atoms with van der Waals surface area (Å²) in [6.07, 6.45) is 4.23. The Morgan fingerprint density at radius 2 is 2.06 bits per heavy atom. The highest BCUT2D eigenvalue weighted by Gasteiger charge is 2.47. The largest absolute Gasteiger partial charge is 0.349 e. The highest BCUT2D eigenvalue weighted by atomic mass is 35.5. The molecule has 0 saturated heterocycles. The topological polar surface area (TPSA) is 29.1 Å². The van der Waals surface area contributed by atoms with Gasteiger partial charge in [-0.3, -0.25) is 4.79 Å². The van der Waals surface area contributed by atoms with Gasteiger partial charge in [0.25, 0.3) is 0 Å². The van der Waals surface area contributed by atoms with Crippen LogP contribution in [0.15, 0.2) is 30.3 Å². The maximum atomic E-state index is 12.2. The van der Waals surface area contributed by atoms with Gasteiger partial charge in [0.05, 0.1) is 5.54 Å². The molecule has 1 N–H and O–H groups in total. The first-order valence-corrected chi connectivity index (χ1v) is 7.20. The standard InChI is InChI=1S/C15H18ClNO/c16-10-15(7-4-8-15)17-14(18)13-9-12(13)11-5-2-1-3-6-11/h1-3,5-6,12-13H,4,7-10H2,(H,17,18). The molecule has 2 aliphatic rings. The number of hydrogen-bond acceptors (Lipinski definition) is 1. The molecule has 0 bridgehead atoms. The highest BCUT2D eigenvalue weighted by molar-refractivity contribution is 6.18. The van der Waals surface area contributed by atoms with E-state index in [4.69, 9.17) is 11.6 Å². The number of halogens is 1. The zero-order valence-electron chi connectivity index (χ0n) is 10.4. The third-order valence-corrected chi connectivity index (χ3v) is 4.82. The average Bonchev–Trinajstić information content (AvgIpc) is 3.15. The molecule has 2 nitrogen and oxygen atoms in total. The predicted octanol–water partition coefficient (Wildman–Crippen LogP) is 3.07. The lowest BCUT2D eigenvalue weighted by atomic mass is 9.78. The summed E-state index contributed by atoms with van der Waals surface area (Å²) in [6, 6.07) is 10.3. The molecular formula is C15H18ClNO. The highest BCUT2D eigenvalue weighted by Crippen LogP contribution is 2.48. The van der Waals surface area contributed by atoms with E-state index in [0.717, 1.165) is 19.3 Å². The van der Waals surface area contributed by atoms with E-state index in [1.54, 1.807) is 0 Å². The summed E-state index contributed by atoms with van der Waals surface area (Å²) in [5, 5.41) is 3.17. The van der Waals surface area contributed by atoms with Crippen LogP contribution in [0.4, 0.5) is 0 Å². The summed E-state index contributed by atoms with van der Waals surface area (Å²) >= 11 is 5.97. The van der Waals surface area contributed by atoms with Gasteiger partial charge in [-0.25, -0.2) is 0 Å². The zero-order chi connectivity index (χ0) is 12.6. The second-order valence-corrected chi connectivity index (χ2v) is 5.88. The lowest BCUT2D eigenvalue weighted by Crippen LogP contribution is -2.55. The van der Waals surface area contributed by atoms with Gasteiger partial charge in [-0.2, -0.15) is 0 Å². The Kier molecular flexibility index (Phi) is 3.06. The van der Waals surface area contributed by atoms with E-state index in [1.165, 1.54) is 12.0 Å². The fourth-order valence-electron chi connectivity index (χ4n) is 2.80. The second kappa shape index (κ2) is 4.58. The van der Waals surface area contributed by atoms with Gasteiger partial charge < -0.3 is 5.32 Å². The SMILES string of the molecule is O=C(NC1(CCl)CCC1)C1CC1c1ccccc1. The van der Waals surface area contributed by atoms with Crippen molar-refractivity contribution < 1.29 is 4.79 Å². The maximum Gasteiger partial charge on any atom is 0.224 e. The van der Waals surface area contributed by atoms with Gasteiger partial charge in [0.15, 0.2) is 0 Å². The van der Waals surface area contributed by atoms with E-state index in [0.29, 0.717) is 11.8 Å². The van der Waals surface area contributed by atoms with Crippen molar-refractivity contribution in [2.75, 3.05) is 5.88 Å². The Hall–Kier alpha value is -1.02. The molecule has 3 heteroatoms. The first kappa shape index (κ1) is 12.0. The van der Waals surface area contributed by atoms with Crippen LogP contribution in [-0.2, 0) is 4.79 Å². The number of carbonyl (C=O) groups is 1. The molecule has 0 spiro atoms. The van der Waals surface area contributed by atoms with Crippen molar-refractivity contribution in [3.8, 4) is 0 Å². The average molecular weight is 264 g/mol. The Balaban J connectivity index is 1.60. The van der Waals surface area contributed by atoms with E-state index in [9.17, 15) is 4.79 Å². The van der Waals surface area contributed by atoms with Gasteiger partial charge in [-0.05, 0) is 37.2 Å². The predicted molar refractivity (Wildman–Crippen MR) is 72.7 cm³/mol. The van der Waals surface area contributed by atoms with E-state index in [1.807, 2.05) is 18.2 Å². The van der Waals surface area contributed by atoms with E-state index < -0.39 is 0 Å². The minimum absolute atomic E-state index is 0.0948. The lowest BCUT2D eigenvalue weighted by Gasteiger charge is -2.41. The van der Waals surface area contributed by atoms with Crippen LogP contribution >= 0.6 is 11.6 Å². The minimum Gasteiger partial charge on any atom is -0.349 e. The summed E-state index contributed by atoms with van der Waals surface area (Å²) in [5.74, 6) is 1.32. The van der Waals surface area contributed by atoms with Crippen molar-refractivity contribution in [1.82, 2.24) is 5.32 Å². The van der Waals surface area contributed by atoms with Crippen molar-refractivity contribution in [2.45, 2.75) is 37.1 Å². The second-order valence-electron chi connectivity index (χ2n) is 5.62. The summed E-state index contributed by atoms with van der Waals surface area (Å²) < 4.78 is 0. The molecule has 2 aliphatic carbocycles. The molecular weight excluding hydrogens is 246 g/mol. The molecule has 0 radical (unpaired) electrons. The smallest absolute Gasteiger partial charge is 0.224 e. The molecule has 2 atom stereocenters. The van der Waals surface area contributed by atoms with Gasteiger partial charge in [0, 0.05) is 11.8 Å². The van der Waals surface area contributed by atoms with Crippen molar-refractivity contribution in [3.63, 3.8) is 0 Å². The first-order valence-electron chi connectivity index (χ1n) is 6.67. The van der Waals surface area contributed by atoms with Crippen molar-refractivity contribution >= 4 is 17.5 Å². The molecule has 2 saturated carbocycles. The minimum atomic E-state index is -0.0948. The normalized spacial score (nSPS) is 28.3. The fraction of sp³-hybridized carbons (Fsp3) is 0.533. The number of carbonyl (C=O) groups excluding carboxylic acids is 1. The molecule has 18 heavy (non-hydrogen) atoms. The molecule has 1 amide bonds. The van der Waals surface area contributed by atoms with Gasteiger partial charge in [-0.15, -0.1) is 11.6 Å². The molecule has 3 rings (SSSR count). The molecule has 0 aromatic heterocycles. The Bertz CT molecular complexity index is 436. The molecule has 2 unspecified atom stereocenters. The number of hydrogen-bond donors (Lipinski definition) is 1. The van der Waals surface area contributed by atoms with Gasteiger partial charge >= 0.3 is 0 Å². The Morgan fingerprint density at radius 1 is 1.33 bits per heavy atom. The number of benzene rings is 1. The number of rotatable bonds is 4. The van der Waals surface area contributed by atoms with Crippen LogP contribution in [-0.4, -0.2) is 17.3 Å². The van der Waals surface area contributed by atoms with Gasteiger partial charge in [0.1, 0.15) is 0 Å². The van der Waals surface area contributed by atoms with Crippen LogP contribution in [0.25, 0.3) is 0 Å². The first-order chi connectivity index (χ1) is 8.74. The third-order valence-electron chi connectivity index (χ3n) is 4.31. The maximum absolute atomic E-state index is 12.2. The van der Waals surface area contributed by atoms with Crippen LogP contribution in [0.1, 0.15) is 37.2 Å². The molecule has 2 fully saturated rings. The monoisotopic (exact) mass is 263 g/mol. The quantitative estimate of drug-likeness (QED) is 0.831. The summed E-state index contributed by atoms with van der Waals surface area (Å²) in [4.78, 5) is 12.2. The van der Waals surface area contributed by atoms with Gasteiger partial charge in [-0.1, -0.05) is 30.3 Å². The molecule has 0 aliphatic heterocycles. The number of nitrogens with one attached hydrogen (secondary N) is 1. The van der Waals surface area contributed by atoms with Crippen LogP contribution in [0.2, 0.25) is 0 Å². The summed E-state index contributed by atoms with van der Waals surface area (Å²) in [7, 11) is 0. The van der Waals surface area contributed by atoms with Crippen molar-refractivity contribution in [3.05, 3.63) is 35.9 Å². The van der Waals surface area contributed by atoms with Crippen molar-refractivity contribution in [2.24, 2.45) is 5.92 Å². The van der Waals surface area contributed by atoms with Crippen LogP contribution < -0.4 is 5.32 Å². The fourth-order valence-corrected chi connectivity index (χ4v) is 3.14. The number of amides is 1. The van der Waals surface area contributed by atoms with Crippen LogP contribution in [0, 0.1) is 5.92 Å². The molecule has 1 aromatic carbocycles. The Labute approximate surface area is 113 Å². The molecule has 96 valence electrons. The molecule has 1 aromatic rings. The van der Waals surface area contributed by atoms with E-state index >= 15 is 0 Å². The summed E-state index contributed by atoms with van der Waals surface area (Å²) in [5.41, 5.74) is 1.19. The summed E-state index contributed by atoms with van der Waals surface area (Å²) in [6.45, 7) is 0. The lowest BCUT2D eigenvalue weighted by molar-refractivity contribution is -0.125. The zero-order valence-corrected chi connectivity index (χ0v) is 11.1. The Morgan fingerprint density at radius 3 is 2.61 bits per heavy atom.